The maximum Gasteiger partial charge on any atom is 0.251 e. The van der Waals surface area contributed by atoms with Crippen molar-refractivity contribution in [1.82, 2.24) is 5.32 Å². The molecule has 3 N–H and O–H groups in total. The molecule has 1 aromatic heterocycles. The van der Waals surface area contributed by atoms with Gasteiger partial charge in [0.15, 0.2) is 0 Å². The van der Waals surface area contributed by atoms with Gasteiger partial charge >= 0.3 is 0 Å². The predicted octanol–water partition coefficient (Wildman–Crippen LogP) is 5.00. The second kappa shape index (κ2) is 9.73. The van der Waals surface area contributed by atoms with Crippen molar-refractivity contribution in [2.75, 3.05) is 12.3 Å². The number of rotatable bonds is 8. The van der Waals surface area contributed by atoms with Crippen molar-refractivity contribution in [3.63, 3.8) is 0 Å². The molecule has 1 aliphatic carbocycles. The number of amides is 1. The zero-order valence-corrected chi connectivity index (χ0v) is 19.9. The number of nitrogens with one attached hydrogen (secondary N) is 1. The molecule has 1 amide bonds. The minimum absolute atomic E-state index is 0.0152. The highest BCUT2D eigenvalue weighted by Gasteiger charge is 2.28. The van der Waals surface area contributed by atoms with Gasteiger partial charge in [-0.15, -0.1) is 11.3 Å². The number of fused-ring (bicyclic) bond motifs is 1. The number of sulfonamides is 1. The summed E-state index contributed by atoms with van der Waals surface area (Å²) < 4.78 is 23.3. The minimum atomic E-state index is -3.57. The first kappa shape index (κ1) is 23.0. The van der Waals surface area contributed by atoms with E-state index in [4.69, 9.17) is 5.14 Å². The number of hydrogen-bond donors (Lipinski definition) is 2. The zero-order chi connectivity index (χ0) is 22.7. The fourth-order valence-corrected chi connectivity index (χ4v) is 6.38. The van der Waals surface area contributed by atoms with Crippen molar-refractivity contribution in [2.24, 2.45) is 11.1 Å². The van der Waals surface area contributed by atoms with Gasteiger partial charge in [0.05, 0.1) is 5.75 Å². The Hall–Kier alpha value is -2.22. The summed E-state index contributed by atoms with van der Waals surface area (Å²) in [7, 11) is -3.57. The van der Waals surface area contributed by atoms with Crippen LogP contribution < -0.4 is 10.5 Å². The highest BCUT2D eigenvalue weighted by Crippen LogP contribution is 2.43. The molecule has 1 unspecified atom stereocenters. The summed E-state index contributed by atoms with van der Waals surface area (Å²) in [5.74, 6) is 1.26. The van der Waals surface area contributed by atoms with E-state index in [-0.39, 0.29) is 18.2 Å². The number of benzene rings is 2. The molecule has 0 aliphatic heterocycles. The van der Waals surface area contributed by atoms with E-state index in [1.807, 2.05) is 35.6 Å². The number of primary sulfonamides is 1. The minimum Gasteiger partial charge on any atom is -0.351 e. The van der Waals surface area contributed by atoms with Crippen molar-refractivity contribution >= 4 is 37.4 Å². The van der Waals surface area contributed by atoms with E-state index in [9.17, 15) is 13.2 Å². The van der Waals surface area contributed by atoms with Crippen LogP contribution in [0.25, 0.3) is 10.1 Å². The van der Waals surface area contributed by atoms with Gasteiger partial charge in [-0.05, 0) is 83.5 Å². The van der Waals surface area contributed by atoms with Gasteiger partial charge in [-0.1, -0.05) is 37.3 Å². The Bertz CT molecular complexity index is 1190. The van der Waals surface area contributed by atoms with Gasteiger partial charge in [0.1, 0.15) is 0 Å². The van der Waals surface area contributed by atoms with Crippen LogP contribution in [0.1, 0.15) is 65.9 Å². The molecule has 1 saturated carbocycles. The normalized spacial score (nSPS) is 19.8. The molecular weight excluding hydrogens is 440 g/mol. The number of thiophene rings is 1. The van der Waals surface area contributed by atoms with E-state index >= 15 is 0 Å². The largest absolute Gasteiger partial charge is 0.351 e. The quantitative estimate of drug-likeness (QED) is 0.486. The lowest BCUT2D eigenvalue weighted by molar-refractivity contribution is 0.0956. The van der Waals surface area contributed by atoms with Crippen molar-refractivity contribution in [2.45, 2.75) is 44.4 Å². The smallest absolute Gasteiger partial charge is 0.251 e. The van der Waals surface area contributed by atoms with E-state index in [0.29, 0.717) is 17.4 Å². The van der Waals surface area contributed by atoms with Crippen LogP contribution in [0.2, 0.25) is 0 Å². The van der Waals surface area contributed by atoms with Crippen LogP contribution >= 0.6 is 11.3 Å². The number of hydrogen-bond acceptors (Lipinski definition) is 4. The lowest BCUT2D eigenvalue weighted by Crippen LogP contribution is -2.31. The number of carbonyl (C=O) groups excluding carboxylic acids is 1. The fraction of sp³-hybridized carbons (Fsp3) is 0.400. The first-order valence-electron chi connectivity index (χ1n) is 11.1. The molecule has 7 heteroatoms. The Kier molecular flexibility index (Phi) is 6.98. The summed E-state index contributed by atoms with van der Waals surface area (Å²) in [5, 5.41) is 11.3. The van der Waals surface area contributed by atoms with Crippen molar-refractivity contribution < 1.29 is 13.2 Å². The molecule has 3 atom stereocenters. The van der Waals surface area contributed by atoms with Gasteiger partial charge in [-0.3, -0.25) is 4.79 Å². The molecule has 0 saturated heterocycles. The molecular formula is C25H30N2O3S2. The molecule has 0 bridgehead atoms. The first-order chi connectivity index (χ1) is 15.3. The first-order valence-corrected chi connectivity index (χ1v) is 13.7. The molecule has 4 rings (SSSR count). The Morgan fingerprint density at radius 1 is 1.16 bits per heavy atom. The zero-order valence-electron chi connectivity index (χ0n) is 18.3. The third-order valence-corrected chi connectivity index (χ3v) is 8.34. The summed E-state index contributed by atoms with van der Waals surface area (Å²) in [6, 6.07) is 16.4. The third kappa shape index (κ3) is 5.57. The van der Waals surface area contributed by atoms with E-state index in [0.717, 1.165) is 5.92 Å². The van der Waals surface area contributed by atoms with Crippen LogP contribution in [0.3, 0.4) is 0 Å². The van der Waals surface area contributed by atoms with Crippen LogP contribution in [-0.4, -0.2) is 26.6 Å². The lowest BCUT2D eigenvalue weighted by Gasteiger charge is -2.17. The second-order valence-corrected chi connectivity index (χ2v) is 11.6. The van der Waals surface area contributed by atoms with Gasteiger partial charge < -0.3 is 5.32 Å². The monoisotopic (exact) mass is 470 g/mol. The van der Waals surface area contributed by atoms with Gasteiger partial charge in [-0.2, -0.15) is 0 Å². The summed E-state index contributed by atoms with van der Waals surface area (Å²) in [5.41, 5.74) is 3.30. The summed E-state index contributed by atoms with van der Waals surface area (Å²) >= 11 is 1.84. The van der Waals surface area contributed by atoms with Gasteiger partial charge in [0, 0.05) is 16.8 Å². The van der Waals surface area contributed by atoms with Crippen molar-refractivity contribution in [1.29, 1.82) is 0 Å². The van der Waals surface area contributed by atoms with E-state index in [2.05, 4.69) is 41.9 Å². The molecule has 2 aromatic carbocycles. The topological polar surface area (TPSA) is 89.3 Å². The van der Waals surface area contributed by atoms with Crippen LogP contribution in [0.5, 0.6) is 0 Å². The van der Waals surface area contributed by atoms with Crippen LogP contribution in [0.4, 0.5) is 0 Å². The van der Waals surface area contributed by atoms with Crippen molar-refractivity contribution in [3.8, 4) is 0 Å². The third-order valence-electron chi connectivity index (χ3n) is 6.59. The Morgan fingerprint density at radius 3 is 2.66 bits per heavy atom. The molecule has 1 fully saturated rings. The van der Waals surface area contributed by atoms with Gasteiger partial charge in [-0.25, -0.2) is 13.6 Å². The number of nitrogens with two attached hydrogens (primary N) is 1. The molecule has 0 spiro atoms. The predicted molar refractivity (Wildman–Crippen MR) is 132 cm³/mol. The summed E-state index contributed by atoms with van der Waals surface area (Å²) in [4.78, 5) is 12.2. The molecule has 170 valence electrons. The molecule has 1 heterocycles. The molecule has 32 heavy (non-hydrogen) atoms. The maximum atomic E-state index is 12.2. The average Bonchev–Trinajstić information content (AvgIpc) is 3.40. The SMILES string of the molecule is C[C@@H](CC1CC[C@H](c2ccc(C(=O)NCCS(N)(=O)=O)cc2)C1)c1csc2ccccc12. The van der Waals surface area contributed by atoms with E-state index < -0.39 is 10.0 Å². The average molecular weight is 471 g/mol. The van der Waals surface area contributed by atoms with Gasteiger partial charge in [0.2, 0.25) is 10.0 Å². The molecule has 1 aliphatic rings. The second-order valence-electron chi connectivity index (χ2n) is 8.94. The summed E-state index contributed by atoms with van der Waals surface area (Å²) in [6.45, 7) is 2.37. The Morgan fingerprint density at radius 2 is 1.91 bits per heavy atom. The van der Waals surface area contributed by atoms with Crippen LogP contribution in [0, 0.1) is 5.92 Å². The Labute approximate surface area is 194 Å². The molecule has 5 nitrogen and oxygen atoms in total. The maximum absolute atomic E-state index is 12.2. The highest BCUT2D eigenvalue weighted by atomic mass is 32.2. The highest BCUT2D eigenvalue weighted by molar-refractivity contribution is 7.89. The standard InChI is InChI=1S/C25H30N2O3S2/c1-17(23-16-31-24-5-3-2-4-22(23)24)14-18-6-7-21(15-18)19-8-10-20(11-9-19)25(28)27-12-13-32(26,29)30/h2-5,8-11,16-18,21H,6-7,12-15H2,1H3,(H,27,28)(H2,26,29,30)/t17-,18?,21-/m0/s1. The van der Waals surface area contributed by atoms with Crippen molar-refractivity contribution in [3.05, 3.63) is 70.6 Å². The summed E-state index contributed by atoms with van der Waals surface area (Å²) in [6.07, 6.45) is 4.82. The fourth-order valence-electron chi connectivity index (χ4n) is 4.91. The van der Waals surface area contributed by atoms with Crippen LogP contribution in [0.15, 0.2) is 53.9 Å². The lowest BCUT2D eigenvalue weighted by atomic mass is 9.88. The van der Waals surface area contributed by atoms with E-state index in [1.165, 1.54) is 46.9 Å². The van der Waals surface area contributed by atoms with Crippen LogP contribution in [-0.2, 0) is 10.0 Å². The Balaban J connectivity index is 1.31. The molecule has 0 radical (unpaired) electrons. The van der Waals surface area contributed by atoms with E-state index in [1.54, 1.807) is 0 Å². The molecule has 3 aromatic rings. The van der Waals surface area contributed by atoms with Gasteiger partial charge in [0.25, 0.3) is 5.91 Å². The number of carbonyl (C=O) groups is 1.